The minimum Gasteiger partial charge on any atom is -0.495 e. The monoisotopic (exact) mass is 239 g/mol. The molecule has 0 heterocycles. The van der Waals surface area contributed by atoms with E-state index in [1.807, 2.05) is 6.07 Å². The Morgan fingerprint density at radius 3 is 2.56 bits per heavy atom. The molecule has 0 unspecified atom stereocenters. The fraction of sp³-hybridized carbons (Fsp3) is 0.273. The molecule has 1 aromatic carbocycles. The van der Waals surface area contributed by atoms with Crippen molar-refractivity contribution < 1.29 is 14.3 Å². The first kappa shape index (κ1) is 12.3. The molecule has 0 spiro atoms. The maximum absolute atomic E-state index is 10.8. The molecule has 0 fully saturated rings. The van der Waals surface area contributed by atoms with Crippen LogP contribution in [-0.4, -0.2) is 13.1 Å². The van der Waals surface area contributed by atoms with E-state index >= 15 is 0 Å². The zero-order chi connectivity index (χ0) is 12.3. The largest absolute Gasteiger partial charge is 0.495 e. The lowest BCUT2D eigenvalue weighted by Gasteiger charge is -2.11. The van der Waals surface area contributed by atoms with Crippen LogP contribution in [0.2, 0.25) is 5.02 Å². The number of methoxy groups -OCH3 is 1. The molecule has 0 N–H and O–H groups in total. The normalized spacial score (nSPS) is 9.44. The second-order valence-corrected chi connectivity index (χ2v) is 3.47. The van der Waals surface area contributed by atoms with Gasteiger partial charge in [0.1, 0.15) is 11.8 Å². The van der Waals surface area contributed by atoms with Crippen LogP contribution in [0.15, 0.2) is 6.07 Å². The number of halogens is 1. The van der Waals surface area contributed by atoms with Gasteiger partial charge in [-0.25, -0.2) is 0 Å². The number of carbonyl (C=O) groups excluding carboxylic acids is 1. The van der Waals surface area contributed by atoms with Crippen molar-refractivity contribution in [3.63, 3.8) is 0 Å². The summed E-state index contributed by atoms with van der Waals surface area (Å²) in [5.74, 6) is 0.0521. The van der Waals surface area contributed by atoms with E-state index in [9.17, 15) is 4.79 Å². The van der Waals surface area contributed by atoms with Gasteiger partial charge in [-0.05, 0) is 12.5 Å². The summed E-state index contributed by atoms with van der Waals surface area (Å²) in [6.07, 6.45) is 0. The molecule has 1 aromatic rings. The summed E-state index contributed by atoms with van der Waals surface area (Å²) in [4.78, 5) is 10.8. The summed E-state index contributed by atoms with van der Waals surface area (Å²) in [6.45, 7) is 2.94. The first-order valence-electron chi connectivity index (χ1n) is 4.46. The Morgan fingerprint density at radius 2 is 2.12 bits per heavy atom. The number of hydrogen-bond donors (Lipinski definition) is 0. The number of carbonyl (C=O) groups is 1. The molecule has 16 heavy (non-hydrogen) atoms. The number of esters is 1. The molecule has 0 amide bonds. The van der Waals surface area contributed by atoms with E-state index in [1.165, 1.54) is 20.1 Å². The van der Waals surface area contributed by atoms with E-state index in [0.29, 0.717) is 16.9 Å². The molecule has 0 aliphatic rings. The molecule has 0 aromatic heterocycles. The van der Waals surface area contributed by atoms with Gasteiger partial charge in [-0.15, -0.1) is 0 Å². The molecule has 5 heteroatoms. The highest BCUT2D eigenvalue weighted by molar-refractivity contribution is 6.33. The van der Waals surface area contributed by atoms with Gasteiger partial charge in [0.05, 0.1) is 17.7 Å². The number of nitrogens with zero attached hydrogens (tertiary/aromatic N) is 1. The zero-order valence-corrected chi connectivity index (χ0v) is 9.88. The zero-order valence-electron chi connectivity index (χ0n) is 9.13. The van der Waals surface area contributed by atoms with Crippen molar-refractivity contribution in [3.05, 3.63) is 22.2 Å². The molecule has 0 atom stereocenters. The van der Waals surface area contributed by atoms with Crippen molar-refractivity contribution in [2.45, 2.75) is 13.8 Å². The predicted octanol–water partition coefficient (Wildman–Crippen LogP) is 2.45. The van der Waals surface area contributed by atoms with E-state index in [-0.39, 0.29) is 10.8 Å². The lowest BCUT2D eigenvalue weighted by Crippen LogP contribution is -2.04. The highest BCUT2D eigenvalue weighted by Crippen LogP contribution is 2.36. The summed E-state index contributed by atoms with van der Waals surface area (Å²) < 4.78 is 9.93. The minimum atomic E-state index is -0.479. The molecule has 0 radical (unpaired) electrons. The SMILES string of the molecule is COc1cc(OC(C)=O)c(Cl)c(C)c1C#N. The quantitative estimate of drug-likeness (QED) is 0.588. The number of rotatable bonds is 2. The summed E-state index contributed by atoms with van der Waals surface area (Å²) in [5.41, 5.74) is 0.864. The Kier molecular flexibility index (Phi) is 3.75. The van der Waals surface area contributed by atoms with Gasteiger partial charge in [0.15, 0.2) is 5.75 Å². The van der Waals surface area contributed by atoms with Crippen LogP contribution in [0.5, 0.6) is 11.5 Å². The second kappa shape index (κ2) is 4.86. The lowest BCUT2D eigenvalue weighted by molar-refractivity contribution is -0.131. The average molecular weight is 240 g/mol. The summed E-state index contributed by atoms with van der Waals surface area (Å²) >= 11 is 5.97. The maximum atomic E-state index is 10.8. The van der Waals surface area contributed by atoms with Gasteiger partial charge in [0, 0.05) is 13.0 Å². The van der Waals surface area contributed by atoms with Crippen LogP contribution in [-0.2, 0) is 4.79 Å². The van der Waals surface area contributed by atoms with E-state index in [2.05, 4.69) is 0 Å². The minimum absolute atomic E-state index is 0.197. The van der Waals surface area contributed by atoms with Crippen molar-refractivity contribution in [2.24, 2.45) is 0 Å². The third-order valence-corrected chi connectivity index (χ3v) is 2.48. The molecule has 0 saturated heterocycles. The number of ether oxygens (including phenoxy) is 2. The Bertz CT molecular complexity index is 477. The van der Waals surface area contributed by atoms with Crippen LogP contribution in [0.3, 0.4) is 0 Å². The van der Waals surface area contributed by atoms with Gasteiger partial charge in [0.25, 0.3) is 0 Å². The fourth-order valence-corrected chi connectivity index (χ4v) is 1.45. The highest BCUT2D eigenvalue weighted by atomic mass is 35.5. The molecule has 4 nitrogen and oxygen atoms in total. The van der Waals surface area contributed by atoms with Crippen LogP contribution in [0.4, 0.5) is 0 Å². The van der Waals surface area contributed by atoms with Gasteiger partial charge in [0.2, 0.25) is 0 Å². The highest BCUT2D eigenvalue weighted by Gasteiger charge is 2.16. The Hall–Kier alpha value is -1.73. The van der Waals surface area contributed by atoms with E-state index < -0.39 is 5.97 Å². The Balaban J connectivity index is 3.39. The van der Waals surface area contributed by atoms with Crippen LogP contribution in [0.25, 0.3) is 0 Å². The van der Waals surface area contributed by atoms with E-state index in [0.717, 1.165) is 0 Å². The molecule has 0 aliphatic carbocycles. The van der Waals surface area contributed by atoms with Gasteiger partial charge in [-0.2, -0.15) is 5.26 Å². The van der Waals surface area contributed by atoms with Crippen molar-refractivity contribution in [3.8, 4) is 17.6 Å². The standard InChI is InChI=1S/C11H10ClNO3/c1-6-8(5-13)9(15-3)4-10(11(6)12)16-7(2)14/h4H,1-3H3. The van der Waals surface area contributed by atoms with Crippen LogP contribution >= 0.6 is 11.6 Å². The summed E-state index contributed by atoms with van der Waals surface area (Å²) in [5, 5.41) is 9.17. The van der Waals surface area contributed by atoms with Crippen molar-refractivity contribution in [1.29, 1.82) is 5.26 Å². The van der Waals surface area contributed by atoms with Gasteiger partial charge < -0.3 is 9.47 Å². The Labute approximate surface area is 98.3 Å². The van der Waals surface area contributed by atoms with Gasteiger partial charge in [-0.1, -0.05) is 11.6 Å². The maximum Gasteiger partial charge on any atom is 0.308 e. The lowest BCUT2D eigenvalue weighted by atomic mass is 10.1. The van der Waals surface area contributed by atoms with Crippen molar-refractivity contribution in [1.82, 2.24) is 0 Å². The third kappa shape index (κ3) is 2.26. The average Bonchev–Trinajstić information content (AvgIpc) is 2.24. The number of nitriles is 1. The van der Waals surface area contributed by atoms with Gasteiger partial charge in [-0.3, -0.25) is 4.79 Å². The van der Waals surface area contributed by atoms with Crippen LogP contribution in [0.1, 0.15) is 18.1 Å². The third-order valence-electron chi connectivity index (χ3n) is 2.01. The fourth-order valence-electron chi connectivity index (χ4n) is 1.26. The van der Waals surface area contributed by atoms with Crippen molar-refractivity contribution >= 4 is 17.6 Å². The van der Waals surface area contributed by atoms with Crippen LogP contribution < -0.4 is 9.47 Å². The molecule has 1 rings (SSSR count). The summed E-state index contributed by atoms with van der Waals surface area (Å²) in [7, 11) is 1.43. The smallest absolute Gasteiger partial charge is 0.308 e. The first-order valence-corrected chi connectivity index (χ1v) is 4.84. The molecular formula is C11H10ClNO3. The molecule has 0 bridgehead atoms. The topological polar surface area (TPSA) is 59.3 Å². The Morgan fingerprint density at radius 1 is 1.50 bits per heavy atom. The first-order chi connectivity index (χ1) is 7.51. The van der Waals surface area contributed by atoms with E-state index in [1.54, 1.807) is 6.92 Å². The molecule has 84 valence electrons. The number of benzene rings is 1. The van der Waals surface area contributed by atoms with Crippen molar-refractivity contribution in [2.75, 3.05) is 7.11 Å². The number of hydrogen-bond acceptors (Lipinski definition) is 4. The summed E-state index contributed by atoms with van der Waals surface area (Å²) in [6, 6.07) is 3.41. The van der Waals surface area contributed by atoms with Gasteiger partial charge >= 0.3 is 5.97 Å². The molecular weight excluding hydrogens is 230 g/mol. The van der Waals surface area contributed by atoms with E-state index in [4.69, 9.17) is 26.3 Å². The van der Waals surface area contributed by atoms with Crippen LogP contribution in [0, 0.1) is 18.3 Å². The molecule has 0 aliphatic heterocycles. The second-order valence-electron chi connectivity index (χ2n) is 3.10. The molecule has 0 saturated carbocycles. The predicted molar refractivity (Wildman–Crippen MR) is 58.8 cm³/mol.